The summed E-state index contributed by atoms with van der Waals surface area (Å²) in [6.45, 7) is 4.55. The molecule has 2 fully saturated rings. The highest BCUT2D eigenvalue weighted by molar-refractivity contribution is 6.21. The Balaban J connectivity index is 1.49. The lowest BCUT2D eigenvalue weighted by Crippen LogP contribution is -2.47. The molecule has 2 atom stereocenters. The Labute approximate surface area is 123 Å². The quantitative estimate of drug-likeness (QED) is 0.816. The van der Waals surface area contributed by atoms with E-state index >= 15 is 0 Å². The van der Waals surface area contributed by atoms with E-state index in [2.05, 4.69) is 10.2 Å². The number of hydrogen-bond donors (Lipinski definition) is 1. The number of carbonyl (C=O) groups excluding carboxylic acids is 2. The second-order valence-electron chi connectivity index (χ2n) is 6.27. The van der Waals surface area contributed by atoms with Crippen LogP contribution in [0.5, 0.6) is 0 Å². The monoisotopic (exact) mass is 285 g/mol. The Kier molecular flexibility index (Phi) is 3.05. The molecule has 21 heavy (non-hydrogen) atoms. The second kappa shape index (κ2) is 4.93. The van der Waals surface area contributed by atoms with Gasteiger partial charge in [0.2, 0.25) is 0 Å². The molecule has 0 saturated carbocycles. The number of nitrogens with one attached hydrogen (secondary N) is 1. The first-order valence-corrected chi connectivity index (χ1v) is 7.62. The van der Waals surface area contributed by atoms with Gasteiger partial charge in [0.15, 0.2) is 0 Å². The summed E-state index contributed by atoms with van der Waals surface area (Å²) in [7, 11) is 0. The summed E-state index contributed by atoms with van der Waals surface area (Å²) < 4.78 is 0. The molecule has 3 heterocycles. The van der Waals surface area contributed by atoms with Crippen LogP contribution in [0.1, 0.15) is 27.1 Å². The van der Waals surface area contributed by atoms with Crippen molar-refractivity contribution in [3.63, 3.8) is 0 Å². The number of rotatable bonds is 2. The summed E-state index contributed by atoms with van der Waals surface area (Å²) in [6.07, 6.45) is 1.15. The van der Waals surface area contributed by atoms with E-state index in [0.29, 0.717) is 23.7 Å². The van der Waals surface area contributed by atoms with Crippen molar-refractivity contribution in [3.05, 3.63) is 35.4 Å². The third kappa shape index (κ3) is 2.08. The molecule has 110 valence electrons. The molecule has 0 aromatic heterocycles. The lowest BCUT2D eigenvalue weighted by Gasteiger charge is -2.36. The van der Waals surface area contributed by atoms with Crippen LogP contribution in [-0.4, -0.2) is 54.5 Å². The SMILES string of the molecule is O=C1c2ccccc2C(=O)N1CN1CCC2CNCC2C1. The van der Waals surface area contributed by atoms with E-state index in [-0.39, 0.29) is 11.8 Å². The minimum Gasteiger partial charge on any atom is -0.316 e. The van der Waals surface area contributed by atoms with Crippen molar-refractivity contribution >= 4 is 11.8 Å². The van der Waals surface area contributed by atoms with E-state index < -0.39 is 0 Å². The smallest absolute Gasteiger partial charge is 0.262 e. The summed E-state index contributed by atoms with van der Waals surface area (Å²) in [6, 6.07) is 7.10. The molecule has 0 aliphatic carbocycles. The van der Waals surface area contributed by atoms with Gasteiger partial charge in [-0.3, -0.25) is 19.4 Å². The number of amides is 2. The standard InChI is InChI=1S/C16H19N3O2/c20-15-13-3-1-2-4-14(13)16(21)19(15)10-18-6-5-11-7-17-8-12(11)9-18/h1-4,11-12,17H,5-10H2. The molecule has 1 aromatic carbocycles. The van der Waals surface area contributed by atoms with E-state index in [1.807, 2.05) is 12.1 Å². The predicted molar refractivity (Wildman–Crippen MR) is 77.8 cm³/mol. The molecule has 3 aliphatic rings. The van der Waals surface area contributed by atoms with Crippen molar-refractivity contribution in [2.75, 3.05) is 32.8 Å². The highest BCUT2D eigenvalue weighted by atomic mass is 16.2. The van der Waals surface area contributed by atoms with Crippen LogP contribution in [-0.2, 0) is 0 Å². The van der Waals surface area contributed by atoms with Crippen LogP contribution in [0.2, 0.25) is 0 Å². The lowest BCUT2D eigenvalue weighted by molar-refractivity contribution is 0.0455. The van der Waals surface area contributed by atoms with Crippen molar-refractivity contribution in [2.24, 2.45) is 11.8 Å². The van der Waals surface area contributed by atoms with Gasteiger partial charge in [-0.2, -0.15) is 0 Å². The summed E-state index contributed by atoms with van der Waals surface area (Å²) in [5.74, 6) is 1.13. The van der Waals surface area contributed by atoms with E-state index in [1.54, 1.807) is 12.1 Å². The molecule has 5 nitrogen and oxygen atoms in total. The van der Waals surface area contributed by atoms with Gasteiger partial charge in [0.25, 0.3) is 11.8 Å². The van der Waals surface area contributed by atoms with Crippen LogP contribution >= 0.6 is 0 Å². The van der Waals surface area contributed by atoms with Gasteiger partial charge < -0.3 is 5.32 Å². The number of carbonyl (C=O) groups is 2. The Hall–Kier alpha value is -1.72. The van der Waals surface area contributed by atoms with Crippen LogP contribution in [0.3, 0.4) is 0 Å². The second-order valence-corrected chi connectivity index (χ2v) is 6.27. The first-order chi connectivity index (χ1) is 10.2. The number of fused-ring (bicyclic) bond motifs is 2. The topological polar surface area (TPSA) is 52.7 Å². The van der Waals surface area contributed by atoms with E-state index in [1.165, 1.54) is 4.90 Å². The minimum absolute atomic E-state index is 0.151. The fourth-order valence-corrected chi connectivity index (χ4v) is 3.81. The van der Waals surface area contributed by atoms with Crippen LogP contribution < -0.4 is 5.32 Å². The molecule has 4 rings (SSSR count). The van der Waals surface area contributed by atoms with Gasteiger partial charge in [-0.25, -0.2) is 0 Å². The molecule has 1 N–H and O–H groups in total. The van der Waals surface area contributed by atoms with Crippen molar-refractivity contribution in [2.45, 2.75) is 6.42 Å². The third-order valence-corrected chi connectivity index (χ3v) is 5.01. The summed E-state index contributed by atoms with van der Waals surface area (Å²) in [5, 5.41) is 3.44. The zero-order valence-electron chi connectivity index (χ0n) is 11.9. The Bertz CT molecular complexity index is 566. The molecule has 0 radical (unpaired) electrons. The number of imide groups is 1. The molecule has 2 unspecified atom stereocenters. The lowest BCUT2D eigenvalue weighted by atomic mass is 9.89. The van der Waals surface area contributed by atoms with Gasteiger partial charge in [0.05, 0.1) is 17.8 Å². The molecule has 5 heteroatoms. The first-order valence-electron chi connectivity index (χ1n) is 7.62. The third-order valence-electron chi connectivity index (χ3n) is 5.01. The summed E-state index contributed by atoms with van der Waals surface area (Å²) >= 11 is 0. The first kappa shape index (κ1) is 13.0. The number of nitrogens with zero attached hydrogens (tertiary/aromatic N) is 2. The molecular weight excluding hydrogens is 266 g/mol. The van der Waals surface area contributed by atoms with Crippen molar-refractivity contribution in [3.8, 4) is 0 Å². The maximum atomic E-state index is 12.4. The van der Waals surface area contributed by atoms with Crippen molar-refractivity contribution < 1.29 is 9.59 Å². The maximum absolute atomic E-state index is 12.4. The van der Waals surface area contributed by atoms with Gasteiger partial charge in [0, 0.05) is 13.1 Å². The normalized spacial score (nSPS) is 28.9. The fraction of sp³-hybridized carbons (Fsp3) is 0.500. The Morgan fingerprint density at radius 3 is 2.43 bits per heavy atom. The summed E-state index contributed by atoms with van der Waals surface area (Å²) in [5.41, 5.74) is 1.08. The van der Waals surface area contributed by atoms with Gasteiger partial charge in [-0.15, -0.1) is 0 Å². The number of hydrogen-bond acceptors (Lipinski definition) is 4. The number of piperidine rings is 1. The molecule has 3 aliphatic heterocycles. The highest BCUT2D eigenvalue weighted by Crippen LogP contribution is 2.28. The van der Waals surface area contributed by atoms with Gasteiger partial charge in [-0.05, 0) is 43.5 Å². The van der Waals surface area contributed by atoms with Crippen LogP contribution in [0.4, 0.5) is 0 Å². The zero-order valence-corrected chi connectivity index (χ0v) is 11.9. The van der Waals surface area contributed by atoms with Crippen LogP contribution in [0.15, 0.2) is 24.3 Å². The largest absolute Gasteiger partial charge is 0.316 e. The highest BCUT2D eigenvalue weighted by Gasteiger charge is 2.38. The average molecular weight is 285 g/mol. The predicted octanol–water partition coefficient (Wildman–Crippen LogP) is 0.781. The van der Waals surface area contributed by atoms with Crippen molar-refractivity contribution in [1.82, 2.24) is 15.1 Å². The summed E-state index contributed by atoms with van der Waals surface area (Å²) in [4.78, 5) is 28.4. The van der Waals surface area contributed by atoms with Crippen LogP contribution in [0.25, 0.3) is 0 Å². The molecule has 0 bridgehead atoms. The Morgan fingerprint density at radius 1 is 1.05 bits per heavy atom. The van der Waals surface area contributed by atoms with E-state index in [4.69, 9.17) is 0 Å². The number of benzene rings is 1. The van der Waals surface area contributed by atoms with Gasteiger partial charge in [0.1, 0.15) is 0 Å². The molecular formula is C16H19N3O2. The minimum atomic E-state index is -0.151. The number of likely N-dealkylation sites (tertiary alicyclic amines) is 1. The average Bonchev–Trinajstić information content (AvgIpc) is 3.06. The Morgan fingerprint density at radius 2 is 1.71 bits per heavy atom. The van der Waals surface area contributed by atoms with Gasteiger partial charge >= 0.3 is 0 Å². The molecule has 2 saturated heterocycles. The maximum Gasteiger partial charge on any atom is 0.262 e. The van der Waals surface area contributed by atoms with Crippen molar-refractivity contribution in [1.29, 1.82) is 0 Å². The van der Waals surface area contributed by atoms with E-state index in [0.717, 1.165) is 38.5 Å². The zero-order chi connectivity index (χ0) is 14.4. The molecule has 2 amide bonds. The van der Waals surface area contributed by atoms with E-state index in [9.17, 15) is 9.59 Å². The molecule has 0 spiro atoms. The van der Waals surface area contributed by atoms with Gasteiger partial charge in [-0.1, -0.05) is 12.1 Å². The fourth-order valence-electron chi connectivity index (χ4n) is 3.81. The molecule has 1 aromatic rings. The van der Waals surface area contributed by atoms with Crippen LogP contribution in [0, 0.1) is 11.8 Å².